The van der Waals surface area contributed by atoms with Crippen LogP contribution in [0.1, 0.15) is 40.2 Å². The molecule has 0 unspecified atom stereocenters. The third-order valence-corrected chi connectivity index (χ3v) is 7.61. The first-order chi connectivity index (χ1) is 16.9. The lowest BCUT2D eigenvalue weighted by atomic mass is 9.50. The SMILES string of the molecule is C=CC1=CC[C@H]2C(=O)C(c3ccccc3)=CC(=O)[C@@]2(c2ccccc2)[C@H]1c1cc(C)c(O)c(C)c1. The quantitative estimate of drug-likeness (QED) is 0.490. The van der Waals surface area contributed by atoms with Crippen LogP contribution in [0.25, 0.3) is 5.57 Å². The summed E-state index contributed by atoms with van der Waals surface area (Å²) >= 11 is 0. The second-order valence-corrected chi connectivity index (χ2v) is 9.52. The van der Waals surface area contributed by atoms with Gasteiger partial charge < -0.3 is 5.11 Å². The Balaban J connectivity index is 1.83. The minimum absolute atomic E-state index is 0.0174. The van der Waals surface area contributed by atoms with Gasteiger partial charge in [-0.15, -0.1) is 0 Å². The van der Waals surface area contributed by atoms with Gasteiger partial charge in [0.1, 0.15) is 5.75 Å². The molecule has 0 bridgehead atoms. The molecule has 5 rings (SSSR count). The largest absolute Gasteiger partial charge is 0.507 e. The van der Waals surface area contributed by atoms with Crippen LogP contribution in [0, 0.1) is 19.8 Å². The number of rotatable bonds is 4. The van der Waals surface area contributed by atoms with Gasteiger partial charge in [0.25, 0.3) is 0 Å². The number of allylic oxidation sites excluding steroid dienone is 5. The first-order valence-electron chi connectivity index (χ1n) is 11.9. The Morgan fingerprint density at radius 2 is 1.54 bits per heavy atom. The van der Waals surface area contributed by atoms with Crippen LogP contribution >= 0.6 is 0 Å². The molecule has 0 saturated heterocycles. The van der Waals surface area contributed by atoms with Crippen molar-refractivity contribution in [2.75, 3.05) is 0 Å². The third kappa shape index (κ3) is 3.42. The van der Waals surface area contributed by atoms with Crippen LogP contribution in [0.4, 0.5) is 0 Å². The van der Waals surface area contributed by atoms with Gasteiger partial charge in [0.05, 0.1) is 5.41 Å². The predicted molar refractivity (Wildman–Crippen MR) is 139 cm³/mol. The van der Waals surface area contributed by atoms with Gasteiger partial charge in [-0.1, -0.05) is 91.5 Å². The van der Waals surface area contributed by atoms with Gasteiger partial charge >= 0.3 is 0 Å². The molecule has 3 aromatic carbocycles. The lowest BCUT2D eigenvalue weighted by Crippen LogP contribution is -2.54. The predicted octanol–water partition coefficient (Wildman–Crippen LogP) is 6.40. The number of carbonyl (C=O) groups is 2. The molecule has 3 atom stereocenters. The number of carbonyl (C=O) groups excluding carboxylic acids is 2. The molecule has 0 saturated carbocycles. The molecule has 0 spiro atoms. The Bertz CT molecular complexity index is 1370. The summed E-state index contributed by atoms with van der Waals surface area (Å²) in [7, 11) is 0. The summed E-state index contributed by atoms with van der Waals surface area (Å²) < 4.78 is 0. The van der Waals surface area contributed by atoms with Crippen LogP contribution < -0.4 is 0 Å². The van der Waals surface area contributed by atoms with E-state index < -0.39 is 17.3 Å². The maximum Gasteiger partial charge on any atom is 0.168 e. The normalized spacial score (nSPS) is 23.8. The van der Waals surface area contributed by atoms with E-state index >= 15 is 0 Å². The highest BCUT2D eigenvalue weighted by Crippen LogP contribution is 2.57. The van der Waals surface area contributed by atoms with E-state index in [0.29, 0.717) is 12.0 Å². The monoisotopic (exact) mass is 460 g/mol. The molecule has 3 nitrogen and oxygen atoms in total. The highest BCUT2D eigenvalue weighted by atomic mass is 16.3. The van der Waals surface area contributed by atoms with Gasteiger partial charge in [0, 0.05) is 17.4 Å². The van der Waals surface area contributed by atoms with E-state index in [2.05, 4.69) is 12.7 Å². The Labute approximate surface area is 206 Å². The van der Waals surface area contributed by atoms with Gasteiger partial charge in [-0.3, -0.25) is 9.59 Å². The van der Waals surface area contributed by atoms with Crippen molar-refractivity contribution in [1.29, 1.82) is 0 Å². The van der Waals surface area contributed by atoms with Crippen molar-refractivity contribution in [2.24, 2.45) is 5.92 Å². The average molecular weight is 461 g/mol. The van der Waals surface area contributed by atoms with Crippen LogP contribution in [-0.4, -0.2) is 16.7 Å². The number of ketones is 2. The fourth-order valence-corrected chi connectivity index (χ4v) is 6.04. The van der Waals surface area contributed by atoms with Crippen molar-refractivity contribution in [3.63, 3.8) is 0 Å². The molecular weight excluding hydrogens is 432 g/mol. The second kappa shape index (κ2) is 8.66. The van der Waals surface area contributed by atoms with Crippen LogP contribution in [0.15, 0.2) is 103 Å². The molecule has 1 N–H and O–H groups in total. The van der Waals surface area contributed by atoms with Crippen LogP contribution in [0.3, 0.4) is 0 Å². The van der Waals surface area contributed by atoms with Gasteiger partial charge in [0.2, 0.25) is 0 Å². The van der Waals surface area contributed by atoms with Crippen molar-refractivity contribution in [1.82, 2.24) is 0 Å². The van der Waals surface area contributed by atoms with E-state index in [1.807, 2.05) is 86.6 Å². The van der Waals surface area contributed by atoms with Crippen molar-refractivity contribution in [3.05, 3.63) is 131 Å². The fourth-order valence-electron chi connectivity index (χ4n) is 6.04. The molecule has 0 radical (unpaired) electrons. The topological polar surface area (TPSA) is 54.4 Å². The van der Waals surface area contributed by atoms with E-state index in [4.69, 9.17) is 0 Å². The standard InChI is InChI=1S/C32H28O3/c1-4-22-15-16-27-31(35)26(23-11-7-5-8-12-23)19-28(33)32(27,25-13-9-6-10-14-25)29(22)24-17-20(2)30(34)21(3)18-24/h4-15,17-19,27,29,34H,1,16H2,2-3H3/t27-,29+,32-/m0/s1. The summed E-state index contributed by atoms with van der Waals surface area (Å²) in [5, 5.41) is 10.5. The third-order valence-electron chi connectivity index (χ3n) is 7.61. The van der Waals surface area contributed by atoms with E-state index in [0.717, 1.165) is 33.4 Å². The number of phenols is 1. The van der Waals surface area contributed by atoms with E-state index in [9.17, 15) is 14.7 Å². The molecule has 35 heavy (non-hydrogen) atoms. The number of aromatic hydroxyl groups is 1. The number of benzene rings is 3. The number of aryl methyl sites for hydroxylation is 2. The van der Waals surface area contributed by atoms with Crippen molar-refractivity contribution in [3.8, 4) is 5.75 Å². The molecule has 3 heteroatoms. The maximum atomic E-state index is 14.4. The zero-order chi connectivity index (χ0) is 24.7. The highest BCUT2D eigenvalue weighted by molar-refractivity contribution is 6.31. The minimum Gasteiger partial charge on any atom is -0.507 e. The number of phenolic OH excluding ortho intramolecular Hbond substituents is 1. The summed E-state index contributed by atoms with van der Waals surface area (Å²) in [5.74, 6) is -0.814. The van der Waals surface area contributed by atoms with E-state index in [1.54, 1.807) is 12.2 Å². The molecule has 2 aliphatic carbocycles. The summed E-state index contributed by atoms with van der Waals surface area (Å²) in [6.07, 6.45) is 5.87. The highest BCUT2D eigenvalue weighted by Gasteiger charge is 2.59. The molecule has 0 fully saturated rings. The van der Waals surface area contributed by atoms with Crippen LogP contribution in [0.2, 0.25) is 0 Å². The zero-order valence-electron chi connectivity index (χ0n) is 20.0. The van der Waals surface area contributed by atoms with Crippen molar-refractivity contribution in [2.45, 2.75) is 31.6 Å². The number of hydrogen-bond acceptors (Lipinski definition) is 3. The lowest BCUT2D eigenvalue weighted by molar-refractivity contribution is -0.131. The summed E-state index contributed by atoms with van der Waals surface area (Å²) in [5.41, 5.74) is 4.26. The smallest absolute Gasteiger partial charge is 0.168 e. The van der Waals surface area contributed by atoms with Crippen LogP contribution in [-0.2, 0) is 15.0 Å². The first-order valence-corrected chi connectivity index (χ1v) is 11.9. The Morgan fingerprint density at radius 1 is 0.943 bits per heavy atom. The Kier molecular flexibility index (Phi) is 5.64. The number of Topliss-reactive ketones (excluding diaryl/α,β-unsaturated/α-hetero) is 1. The zero-order valence-corrected chi connectivity index (χ0v) is 20.0. The van der Waals surface area contributed by atoms with Gasteiger partial charge in [-0.2, -0.15) is 0 Å². The summed E-state index contributed by atoms with van der Waals surface area (Å²) in [6.45, 7) is 7.78. The van der Waals surface area contributed by atoms with E-state index in [1.165, 1.54) is 0 Å². The molecule has 3 aromatic rings. The molecule has 0 amide bonds. The summed E-state index contributed by atoms with van der Waals surface area (Å²) in [6, 6.07) is 23.0. The van der Waals surface area contributed by atoms with Gasteiger partial charge in [0.15, 0.2) is 11.6 Å². The fraction of sp³-hybridized carbons (Fsp3) is 0.188. The Morgan fingerprint density at radius 3 is 2.14 bits per heavy atom. The molecule has 0 aliphatic heterocycles. The van der Waals surface area contributed by atoms with Crippen molar-refractivity contribution < 1.29 is 14.7 Å². The molecule has 174 valence electrons. The molecular formula is C32H28O3. The first kappa shape index (κ1) is 22.8. The molecule has 0 aromatic heterocycles. The average Bonchev–Trinajstić information content (AvgIpc) is 2.89. The Hall–Kier alpha value is -3.98. The minimum atomic E-state index is -1.11. The molecule has 2 aliphatic rings. The lowest BCUT2D eigenvalue weighted by Gasteiger charge is -2.50. The second-order valence-electron chi connectivity index (χ2n) is 9.52. The van der Waals surface area contributed by atoms with Crippen molar-refractivity contribution >= 4 is 17.1 Å². The number of fused-ring (bicyclic) bond motifs is 1. The summed E-state index contributed by atoms with van der Waals surface area (Å²) in [4.78, 5) is 28.6. The number of hydrogen-bond donors (Lipinski definition) is 1. The van der Waals surface area contributed by atoms with Gasteiger partial charge in [-0.25, -0.2) is 0 Å². The molecule has 0 heterocycles. The van der Waals surface area contributed by atoms with Crippen LogP contribution in [0.5, 0.6) is 5.75 Å². The van der Waals surface area contributed by atoms with E-state index in [-0.39, 0.29) is 17.3 Å². The van der Waals surface area contributed by atoms with Gasteiger partial charge in [-0.05, 0) is 59.7 Å². The maximum absolute atomic E-state index is 14.4.